The third kappa shape index (κ3) is 4.56. The van der Waals surface area contributed by atoms with E-state index in [2.05, 4.69) is 27.6 Å². The summed E-state index contributed by atoms with van der Waals surface area (Å²) < 4.78 is 7.17. The van der Waals surface area contributed by atoms with Crippen LogP contribution in [-0.4, -0.2) is 32.3 Å². The first-order chi connectivity index (χ1) is 14.6. The Morgan fingerprint density at radius 3 is 2.90 bits per heavy atom. The Bertz CT molecular complexity index is 1030. The van der Waals surface area contributed by atoms with Crippen LogP contribution in [0.25, 0.3) is 11.6 Å². The lowest BCUT2D eigenvalue weighted by molar-refractivity contribution is -0.119. The summed E-state index contributed by atoms with van der Waals surface area (Å²) in [5.41, 5.74) is 7.81. The maximum atomic E-state index is 12.6. The number of carbonyl (C=O) groups excluding carboxylic acids is 2. The summed E-state index contributed by atoms with van der Waals surface area (Å²) in [6.07, 6.45) is 4.73. The molecule has 1 atom stereocenters. The van der Waals surface area contributed by atoms with E-state index in [1.807, 2.05) is 12.1 Å². The van der Waals surface area contributed by atoms with Crippen LogP contribution in [-0.2, 0) is 22.6 Å². The fraction of sp³-hybridized carbons (Fsp3) is 0.333. The van der Waals surface area contributed by atoms with Crippen molar-refractivity contribution in [2.24, 2.45) is 5.73 Å². The summed E-state index contributed by atoms with van der Waals surface area (Å²) in [6.45, 7) is 0.318. The zero-order chi connectivity index (χ0) is 20.9. The number of furan rings is 1. The maximum absolute atomic E-state index is 12.6. The molecule has 0 fully saturated rings. The number of carbonyl (C=O) groups is 2. The highest BCUT2D eigenvalue weighted by Gasteiger charge is 2.22. The van der Waals surface area contributed by atoms with Gasteiger partial charge in [0.2, 0.25) is 11.8 Å². The Labute approximate surface area is 178 Å². The van der Waals surface area contributed by atoms with Crippen LogP contribution < -0.4 is 11.1 Å². The summed E-state index contributed by atoms with van der Waals surface area (Å²) in [5.74, 6) is 0.767. The highest BCUT2D eigenvalue weighted by atomic mass is 32.2. The summed E-state index contributed by atoms with van der Waals surface area (Å²) >= 11 is 1.28. The number of hydrogen-bond acceptors (Lipinski definition) is 6. The molecule has 30 heavy (non-hydrogen) atoms. The van der Waals surface area contributed by atoms with E-state index in [4.69, 9.17) is 10.2 Å². The minimum absolute atomic E-state index is 0.0365. The molecule has 3 N–H and O–H groups in total. The number of aromatic nitrogens is 3. The van der Waals surface area contributed by atoms with E-state index >= 15 is 0 Å². The first-order valence-electron chi connectivity index (χ1n) is 9.87. The molecule has 0 saturated heterocycles. The van der Waals surface area contributed by atoms with Gasteiger partial charge in [-0.1, -0.05) is 36.0 Å². The molecular weight excluding hydrogens is 402 g/mol. The van der Waals surface area contributed by atoms with Crippen molar-refractivity contribution in [1.29, 1.82) is 0 Å². The van der Waals surface area contributed by atoms with E-state index in [0.717, 1.165) is 19.3 Å². The van der Waals surface area contributed by atoms with Gasteiger partial charge in [0, 0.05) is 13.0 Å². The molecule has 3 aromatic rings. The molecule has 0 spiro atoms. The predicted molar refractivity (Wildman–Crippen MR) is 113 cm³/mol. The molecule has 2 amide bonds. The van der Waals surface area contributed by atoms with Crippen LogP contribution in [0.5, 0.6) is 0 Å². The van der Waals surface area contributed by atoms with Gasteiger partial charge in [-0.05, 0) is 42.5 Å². The molecule has 0 radical (unpaired) electrons. The van der Waals surface area contributed by atoms with Gasteiger partial charge in [0.15, 0.2) is 16.7 Å². The predicted octanol–water partition coefficient (Wildman–Crippen LogP) is 2.70. The van der Waals surface area contributed by atoms with Crippen molar-refractivity contribution in [2.75, 3.05) is 5.75 Å². The molecule has 4 rings (SSSR count). The Morgan fingerprint density at radius 2 is 2.10 bits per heavy atom. The van der Waals surface area contributed by atoms with Gasteiger partial charge in [-0.15, -0.1) is 10.2 Å². The molecule has 9 heteroatoms. The number of amides is 2. The molecular formula is C21H23N5O3S. The molecule has 8 nitrogen and oxygen atoms in total. The van der Waals surface area contributed by atoms with Gasteiger partial charge in [0.1, 0.15) is 0 Å². The van der Waals surface area contributed by atoms with Gasteiger partial charge in [-0.2, -0.15) is 0 Å². The van der Waals surface area contributed by atoms with Gasteiger partial charge in [-0.25, -0.2) is 0 Å². The van der Waals surface area contributed by atoms with Crippen molar-refractivity contribution >= 4 is 23.6 Å². The van der Waals surface area contributed by atoms with E-state index in [1.54, 1.807) is 23.0 Å². The Morgan fingerprint density at radius 1 is 1.23 bits per heavy atom. The highest BCUT2D eigenvalue weighted by molar-refractivity contribution is 7.99. The van der Waals surface area contributed by atoms with E-state index in [-0.39, 0.29) is 24.1 Å². The molecule has 1 aromatic carbocycles. The number of nitrogens with one attached hydrogen (secondary N) is 1. The van der Waals surface area contributed by atoms with Crippen LogP contribution in [0.1, 0.15) is 36.4 Å². The zero-order valence-electron chi connectivity index (χ0n) is 16.4. The SMILES string of the molecule is NC(=O)CCn1c(SCC(=O)NC2CCCc3ccccc32)nnc1-c1ccco1. The first kappa shape index (κ1) is 20.2. The van der Waals surface area contributed by atoms with Crippen molar-refractivity contribution in [1.82, 2.24) is 20.1 Å². The van der Waals surface area contributed by atoms with Crippen molar-refractivity contribution in [3.63, 3.8) is 0 Å². The van der Waals surface area contributed by atoms with Gasteiger partial charge in [0.05, 0.1) is 18.1 Å². The first-order valence-corrected chi connectivity index (χ1v) is 10.9. The normalized spacial score (nSPS) is 15.5. The van der Waals surface area contributed by atoms with Crippen LogP contribution in [0, 0.1) is 0 Å². The second-order valence-electron chi connectivity index (χ2n) is 7.15. The molecule has 0 aliphatic heterocycles. The third-order valence-electron chi connectivity index (χ3n) is 5.08. The molecule has 1 unspecified atom stereocenters. The van der Waals surface area contributed by atoms with Crippen LogP contribution in [0.2, 0.25) is 0 Å². The van der Waals surface area contributed by atoms with Crippen LogP contribution in [0.3, 0.4) is 0 Å². The summed E-state index contributed by atoms with van der Waals surface area (Å²) in [7, 11) is 0. The van der Waals surface area contributed by atoms with Crippen LogP contribution in [0.15, 0.2) is 52.2 Å². The van der Waals surface area contributed by atoms with Crippen molar-refractivity contribution in [3.05, 3.63) is 53.8 Å². The Hall–Kier alpha value is -3.07. The number of aryl methyl sites for hydroxylation is 1. The monoisotopic (exact) mass is 425 g/mol. The number of nitrogens with zero attached hydrogens (tertiary/aromatic N) is 3. The molecule has 156 valence electrons. The number of nitrogens with two attached hydrogens (primary N) is 1. The Balaban J connectivity index is 1.43. The third-order valence-corrected chi connectivity index (χ3v) is 6.04. The van der Waals surface area contributed by atoms with Gasteiger partial charge < -0.3 is 15.5 Å². The topological polar surface area (TPSA) is 116 Å². The number of rotatable bonds is 8. The standard InChI is InChI=1S/C21H23N5O3S/c22-18(27)10-11-26-20(17-9-4-12-29-17)24-25-21(26)30-13-19(28)23-16-8-3-6-14-5-1-2-7-15(14)16/h1-2,4-5,7,9,12,16H,3,6,8,10-11,13H2,(H2,22,27)(H,23,28). The molecule has 0 saturated carbocycles. The number of hydrogen-bond donors (Lipinski definition) is 2. The fourth-order valence-electron chi connectivity index (χ4n) is 3.68. The van der Waals surface area contributed by atoms with Crippen molar-refractivity contribution < 1.29 is 14.0 Å². The quantitative estimate of drug-likeness (QED) is 0.536. The fourth-order valence-corrected chi connectivity index (χ4v) is 4.45. The minimum Gasteiger partial charge on any atom is -0.461 e. The summed E-state index contributed by atoms with van der Waals surface area (Å²) in [4.78, 5) is 23.9. The largest absolute Gasteiger partial charge is 0.461 e. The number of primary amides is 1. The molecule has 1 aliphatic rings. The molecule has 0 bridgehead atoms. The average molecular weight is 426 g/mol. The summed E-state index contributed by atoms with van der Waals surface area (Å²) in [6, 6.07) is 11.8. The van der Waals surface area contributed by atoms with Gasteiger partial charge in [0.25, 0.3) is 0 Å². The zero-order valence-corrected chi connectivity index (χ0v) is 17.2. The number of benzene rings is 1. The molecule has 2 heterocycles. The smallest absolute Gasteiger partial charge is 0.230 e. The maximum Gasteiger partial charge on any atom is 0.230 e. The lowest BCUT2D eigenvalue weighted by Crippen LogP contribution is -2.32. The lowest BCUT2D eigenvalue weighted by atomic mass is 9.88. The van der Waals surface area contributed by atoms with Crippen LogP contribution >= 0.6 is 11.8 Å². The highest BCUT2D eigenvalue weighted by Crippen LogP contribution is 2.30. The van der Waals surface area contributed by atoms with Crippen molar-refractivity contribution in [3.8, 4) is 11.6 Å². The second-order valence-corrected chi connectivity index (χ2v) is 8.09. The van der Waals surface area contributed by atoms with E-state index < -0.39 is 5.91 Å². The summed E-state index contributed by atoms with van der Waals surface area (Å²) in [5, 5.41) is 12.0. The van der Waals surface area contributed by atoms with Gasteiger partial charge in [-0.3, -0.25) is 14.2 Å². The average Bonchev–Trinajstić information content (AvgIpc) is 3.40. The van der Waals surface area contributed by atoms with E-state index in [9.17, 15) is 9.59 Å². The van der Waals surface area contributed by atoms with E-state index in [0.29, 0.717) is 23.3 Å². The lowest BCUT2D eigenvalue weighted by Gasteiger charge is -2.26. The number of thioether (sulfide) groups is 1. The van der Waals surface area contributed by atoms with Gasteiger partial charge >= 0.3 is 0 Å². The molecule has 1 aliphatic carbocycles. The minimum atomic E-state index is -0.418. The second kappa shape index (κ2) is 9.17. The Kier molecular flexibility index (Phi) is 6.18. The van der Waals surface area contributed by atoms with Crippen molar-refractivity contribution in [2.45, 2.75) is 43.4 Å². The van der Waals surface area contributed by atoms with Crippen LogP contribution in [0.4, 0.5) is 0 Å². The number of fused-ring (bicyclic) bond motifs is 1. The van der Waals surface area contributed by atoms with E-state index in [1.165, 1.54) is 22.9 Å². The molecule has 2 aromatic heterocycles.